The molecule has 5 aromatic rings. The molecule has 0 atom stereocenters. The largest absolute Gasteiger partial charge is 1.00 e. The van der Waals surface area contributed by atoms with Crippen LogP contribution in [0.25, 0.3) is 21.5 Å². The van der Waals surface area contributed by atoms with Gasteiger partial charge in [0.05, 0.1) is 0 Å². The minimum absolute atomic E-state index is 0. The zero-order valence-electron chi connectivity index (χ0n) is 26.7. The van der Waals surface area contributed by atoms with Crippen LogP contribution in [0.3, 0.4) is 0 Å². The standard InChI is InChI=1S/C21H25.C14H11Cl.C5H5.2ClH.Zr/c1-20(2,3)16-7-9-18-14(12-16)11-15-13-17(21(4,5)6)8-10-19(15)18;1-11-2-4-12(5-3-11)10-13-6-8-14(15)9-7-13;1-2-4-5-3-1;;;/h7-13H,1-6H3;2-9H,1H3;1-3H,4H2;2*1H;/q-1;;-1;;;+2/p-2. The zero-order valence-corrected chi connectivity index (χ0v) is 31.5. The Morgan fingerprint density at radius 3 is 1.52 bits per heavy atom. The summed E-state index contributed by atoms with van der Waals surface area (Å²) in [5, 5.41) is 6.26. The molecular formula is C40H41Cl3Zr-2. The number of fused-ring (bicyclic) bond motifs is 3. The predicted molar refractivity (Wildman–Crippen MR) is 182 cm³/mol. The molecule has 0 heterocycles. The Kier molecular flexibility index (Phi) is 14.2. The molecule has 0 nitrogen and oxygen atoms in total. The third-order valence-electron chi connectivity index (χ3n) is 7.50. The normalized spacial score (nSPS) is 12.0. The number of allylic oxidation sites excluding steroid dienone is 4. The molecule has 0 bridgehead atoms. The summed E-state index contributed by atoms with van der Waals surface area (Å²) < 4.78 is 1.36. The third-order valence-corrected chi connectivity index (χ3v) is 9.17. The molecule has 228 valence electrons. The molecule has 0 aliphatic heterocycles. The van der Waals surface area contributed by atoms with Crippen LogP contribution in [0, 0.1) is 13.0 Å². The van der Waals surface area contributed by atoms with Crippen molar-refractivity contribution in [2.75, 3.05) is 0 Å². The smallest absolute Gasteiger partial charge is 0.109 e. The molecule has 0 N–H and O–H groups in total. The number of hydrogen-bond donors (Lipinski definition) is 0. The van der Waals surface area contributed by atoms with Crippen molar-refractivity contribution in [3.8, 4) is 0 Å². The van der Waals surface area contributed by atoms with E-state index in [-0.39, 0.29) is 35.6 Å². The molecule has 44 heavy (non-hydrogen) atoms. The summed E-state index contributed by atoms with van der Waals surface area (Å²) in [5.41, 5.74) is 7.06. The van der Waals surface area contributed by atoms with E-state index in [1.807, 2.05) is 24.3 Å². The maximum atomic E-state index is 5.88. The van der Waals surface area contributed by atoms with E-state index in [1.165, 1.54) is 76.8 Å². The summed E-state index contributed by atoms with van der Waals surface area (Å²) in [4.78, 5) is 0. The number of rotatable bonds is 2. The quantitative estimate of drug-likeness (QED) is 0.215. The molecule has 0 fully saturated rings. The van der Waals surface area contributed by atoms with E-state index in [1.54, 1.807) is 0 Å². The van der Waals surface area contributed by atoms with Crippen molar-refractivity contribution in [2.45, 2.75) is 65.7 Å². The third kappa shape index (κ3) is 10.2. The van der Waals surface area contributed by atoms with E-state index in [4.69, 9.17) is 11.6 Å². The molecule has 6 rings (SSSR count). The molecule has 1 aliphatic rings. The molecule has 0 radical (unpaired) electrons. The van der Waals surface area contributed by atoms with Gasteiger partial charge in [0, 0.05) is 0 Å². The molecule has 1 aliphatic carbocycles. The summed E-state index contributed by atoms with van der Waals surface area (Å²) in [7, 11) is 0. The Labute approximate surface area is 297 Å². The molecule has 0 saturated heterocycles. The van der Waals surface area contributed by atoms with E-state index in [9.17, 15) is 0 Å². The van der Waals surface area contributed by atoms with Crippen LogP contribution in [0.5, 0.6) is 0 Å². The van der Waals surface area contributed by atoms with Crippen LogP contribution < -0.4 is 24.8 Å². The maximum absolute atomic E-state index is 5.88. The molecule has 4 heteroatoms. The Bertz CT molecular complexity index is 1600. The van der Waals surface area contributed by atoms with Gasteiger partial charge in [0.15, 0.2) is 0 Å². The first-order chi connectivity index (χ1) is 19.8. The van der Waals surface area contributed by atoms with Gasteiger partial charge in [-0.2, -0.15) is 6.08 Å². The van der Waals surface area contributed by atoms with Gasteiger partial charge in [-0.3, -0.25) is 6.08 Å². The van der Waals surface area contributed by atoms with Gasteiger partial charge in [0.1, 0.15) is 0 Å². The molecule has 0 spiro atoms. The first-order valence-electron chi connectivity index (χ1n) is 14.6. The van der Waals surface area contributed by atoms with Crippen molar-refractivity contribution in [3.63, 3.8) is 0 Å². The van der Waals surface area contributed by atoms with Crippen LogP contribution in [0.4, 0.5) is 0 Å². The second-order valence-electron chi connectivity index (χ2n) is 13.0. The van der Waals surface area contributed by atoms with E-state index >= 15 is 0 Å². The van der Waals surface area contributed by atoms with Crippen LogP contribution in [0.1, 0.15) is 75.8 Å². The van der Waals surface area contributed by atoms with Crippen LogP contribution in [-0.2, 0) is 35.1 Å². The van der Waals surface area contributed by atoms with Gasteiger partial charge in [0.2, 0.25) is 0 Å². The monoisotopic (exact) mass is 716 g/mol. The van der Waals surface area contributed by atoms with Crippen molar-refractivity contribution in [3.05, 3.63) is 148 Å². The van der Waals surface area contributed by atoms with Crippen molar-refractivity contribution < 1.29 is 49.0 Å². The van der Waals surface area contributed by atoms with Crippen molar-refractivity contribution in [2.24, 2.45) is 0 Å². The van der Waals surface area contributed by atoms with E-state index in [0.29, 0.717) is 0 Å². The van der Waals surface area contributed by atoms with Gasteiger partial charge in [0.25, 0.3) is 0 Å². The van der Waals surface area contributed by atoms with Gasteiger partial charge in [-0.1, -0.05) is 76.9 Å². The fraction of sp³-hybridized carbons (Fsp3) is 0.250. The van der Waals surface area contributed by atoms with Crippen LogP contribution in [0.2, 0.25) is 5.02 Å². The first-order valence-corrected chi connectivity index (χ1v) is 16.2. The number of halogens is 3. The average molecular weight is 719 g/mol. The predicted octanol–water partition coefficient (Wildman–Crippen LogP) is 5.38. The van der Waals surface area contributed by atoms with Gasteiger partial charge in [-0.25, -0.2) is 12.2 Å². The van der Waals surface area contributed by atoms with Gasteiger partial charge < -0.3 is 24.8 Å². The topological polar surface area (TPSA) is 0 Å². The van der Waals surface area contributed by atoms with Gasteiger partial charge >= 0.3 is 116 Å². The van der Waals surface area contributed by atoms with E-state index in [0.717, 1.165) is 11.4 Å². The van der Waals surface area contributed by atoms with Crippen LogP contribution in [0.15, 0.2) is 109 Å². The van der Waals surface area contributed by atoms with Crippen LogP contribution >= 0.6 is 11.6 Å². The summed E-state index contributed by atoms with van der Waals surface area (Å²) >= 11 is 7.30. The first kappa shape index (κ1) is 38.0. The van der Waals surface area contributed by atoms with Gasteiger partial charge in [-0.15, -0.1) is 46.2 Å². The Hall–Kier alpha value is -2.15. The van der Waals surface area contributed by atoms with E-state index < -0.39 is 0 Å². The summed E-state index contributed by atoms with van der Waals surface area (Å²) in [5.74, 6) is 0. The van der Waals surface area contributed by atoms with Crippen molar-refractivity contribution in [1.82, 2.24) is 0 Å². The Balaban J connectivity index is 0.000000260. The molecule has 0 unspecified atom stereocenters. The maximum Gasteiger partial charge on any atom is -0.109 e. The summed E-state index contributed by atoms with van der Waals surface area (Å²) in [6.45, 7) is 15.7. The second kappa shape index (κ2) is 16.4. The number of hydrogen-bond acceptors (Lipinski definition) is 0. The fourth-order valence-corrected chi connectivity index (χ4v) is 5.74. The Morgan fingerprint density at radius 1 is 0.705 bits per heavy atom. The van der Waals surface area contributed by atoms with Crippen LogP contribution in [-0.4, -0.2) is 3.21 Å². The summed E-state index contributed by atoms with van der Waals surface area (Å²) in [6, 6.07) is 32.9. The fourth-order valence-electron chi connectivity index (χ4n) is 4.80. The molecule has 0 aromatic heterocycles. The van der Waals surface area contributed by atoms with E-state index in [2.05, 4.69) is 139 Å². The van der Waals surface area contributed by atoms with Crippen molar-refractivity contribution >= 4 is 36.4 Å². The minimum Gasteiger partial charge on any atom is -1.00 e. The molecule has 5 aromatic carbocycles. The number of aryl methyl sites for hydroxylation is 1. The zero-order chi connectivity index (χ0) is 30.5. The molecule has 0 amide bonds. The molecular weight excluding hydrogens is 678 g/mol. The van der Waals surface area contributed by atoms with Crippen molar-refractivity contribution in [1.29, 1.82) is 0 Å². The number of benzene rings is 4. The summed E-state index contributed by atoms with van der Waals surface area (Å²) in [6.07, 6.45) is 10.0. The van der Waals surface area contributed by atoms with Gasteiger partial charge in [-0.05, 0) is 10.8 Å². The Morgan fingerprint density at radius 2 is 1.16 bits per heavy atom. The average Bonchev–Trinajstić information content (AvgIpc) is 3.64. The SMILES string of the molecule is CC(C)(C)c1ccc2c(c1)[cH-]c1cc(C(C)(C)C)ccc12.Cc1ccc([C](=[Zr+2])c2ccc(Cl)cc2)cc1.[C-]1=CC=CC1.[Cl-].[Cl-]. The molecule has 0 saturated carbocycles. The minimum atomic E-state index is 0. The second-order valence-corrected chi connectivity index (χ2v) is 14.7.